The molecule has 0 N–H and O–H groups in total. The molecule has 0 spiro atoms. The molecule has 0 radical (unpaired) electrons. The fraction of sp³-hybridized carbons (Fsp3) is 0.667. The second-order valence-electron chi connectivity index (χ2n) is 9.50. The first kappa shape index (κ1) is 19.4. The summed E-state index contributed by atoms with van der Waals surface area (Å²) in [6.07, 6.45) is 2.32. The molecule has 1 aromatic carbocycles. The minimum atomic E-state index is -0.446. The van der Waals surface area contributed by atoms with E-state index in [1.54, 1.807) is 4.90 Å². The zero-order valence-corrected chi connectivity index (χ0v) is 17.5. The third-order valence-corrected chi connectivity index (χ3v) is 6.52. The Balaban J connectivity index is 2.01. The molecule has 2 fully saturated rings. The van der Waals surface area contributed by atoms with Gasteiger partial charge in [-0.3, -0.25) is 4.79 Å². The number of carbonyl (C=O) groups is 1. The molecule has 4 nitrogen and oxygen atoms in total. The SMILES string of the molecule is CC(C)N(C)C(=O)c1cc(B2OC(C)(C)C(C)(C)O2)cc(C2(C)CC2)c1. The van der Waals surface area contributed by atoms with Crippen LogP contribution in [0, 0.1) is 0 Å². The Morgan fingerprint density at radius 3 is 2.04 bits per heavy atom. The average Bonchev–Trinajstić information content (AvgIpc) is 3.25. The standard InChI is InChI=1S/C21H32BNO3/c1-14(2)23(8)18(24)15-11-16(21(7)9-10-21)13-17(12-15)22-25-19(3,4)20(5,6)26-22/h11-14H,9-10H2,1-8H3. The lowest BCUT2D eigenvalue weighted by atomic mass is 9.76. The molecule has 1 aliphatic carbocycles. The quantitative estimate of drug-likeness (QED) is 0.774. The second kappa shape index (κ2) is 6.10. The van der Waals surface area contributed by atoms with E-state index in [0.29, 0.717) is 0 Å². The van der Waals surface area contributed by atoms with E-state index in [1.807, 2.05) is 27.0 Å². The van der Waals surface area contributed by atoms with Gasteiger partial charge in [-0.25, -0.2) is 0 Å². The molecule has 5 heteroatoms. The Morgan fingerprint density at radius 1 is 1.04 bits per heavy atom. The lowest BCUT2D eigenvalue weighted by Gasteiger charge is -2.32. The van der Waals surface area contributed by atoms with Crippen molar-refractivity contribution in [3.8, 4) is 0 Å². The molecule has 1 heterocycles. The van der Waals surface area contributed by atoms with Gasteiger partial charge in [-0.05, 0) is 83.0 Å². The molecular weight excluding hydrogens is 325 g/mol. The van der Waals surface area contributed by atoms with Crippen molar-refractivity contribution in [3.63, 3.8) is 0 Å². The fourth-order valence-electron chi connectivity index (χ4n) is 3.15. The van der Waals surface area contributed by atoms with Gasteiger partial charge in [-0.1, -0.05) is 13.0 Å². The monoisotopic (exact) mass is 357 g/mol. The molecular formula is C21H32BNO3. The number of amides is 1. The topological polar surface area (TPSA) is 38.8 Å². The third-order valence-electron chi connectivity index (χ3n) is 6.52. The van der Waals surface area contributed by atoms with E-state index in [4.69, 9.17) is 9.31 Å². The van der Waals surface area contributed by atoms with Crippen LogP contribution < -0.4 is 5.46 Å². The van der Waals surface area contributed by atoms with Crippen LogP contribution in [0.25, 0.3) is 0 Å². The van der Waals surface area contributed by atoms with Crippen molar-refractivity contribution in [2.24, 2.45) is 0 Å². The predicted molar refractivity (Wildman–Crippen MR) is 106 cm³/mol. The molecule has 0 aromatic heterocycles. The van der Waals surface area contributed by atoms with Gasteiger partial charge in [0.1, 0.15) is 0 Å². The van der Waals surface area contributed by atoms with Gasteiger partial charge in [0.2, 0.25) is 0 Å². The predicted octanol–water partition coefficient (Wildman–Crippen LogP) is 3.52. The zero-order chi connectivity index (χ0) is 19.5. The molecule has 2 aliphatic rings. The van der Waals surface area contributed by atoms with E-state index < -0.39 is 18.3 Å². The first-order valence-corrected chi connectivity index (χ1v) is 9.65. The molecule has 142 valence electrons. The molecule has 0 atom stereocenters. The lowest BCUT2D eigenvalue weighted by Crippen LogP contribution is -2.41. The van der Waals surface area contributed by atoms with Crippen molar-refractivity contribution >= 4 is 18.5 Å². The van der Waals surface area contributed by atoms with Crippen molar-refractivity contribution < 1.29 is 14.1 Å². The first-order chi connectivity index (χ1) is 11.9. The molecule has 26 heavy (non-hydrogen) atoms. The summed E-state index contributed by atoms with van der Waals surface area (Å²) >= 11 is 0. The highest BCUT2D eigenvalue weighted by atomic mass is 16.7. The van der Waals surface area contributed by atoms with Crippen molar-refractivity contribution in [2.45, 2.75) is 84.0 Å². The van der Waals surface area contributed by atoms with Crippen LogP contribution in [0.4, 0.5) is 0 Å². The number of hydrogen-bond donors (Lipinski definition) is 0. The van der Waals surface area contributed by atoms with E-state index in [0.717, 1.165) is 23.9 Å². The van der Waals surface area contributed by atoms with Crippen molar-refractivity contribution in [1.82, 2.24) is 4.90 Å². The smallest absolute Gasteiger partial charge is 0.399 e. The van der Waals surface area contributed by atoms with Crippen LogP contribution in [0.3, 0.4) is 0 Å². The molecule has 1 amide bonds. The van der Waals surface area contributed by atoms with Gasteiger partial charge in [-0.2, -0.15) is 0 Å². The maximum absolute atomic E-state index is 13.0. The maximum Gasteiger partial charge on any atom is 0.494 e. The molecule has 3 rings (SSSR count). The van der Waals surface area contributed by atoms with E-state index >= 15 is 0 Å². The summed E-state index contributed by atoms with van der Waals surface area (Å²) in [6, 6.07) is 6.33. The molecule has 0 bridgehead atoms. The highest BCUT2D eigenvalue weighted by molar-refractivity contribution is 6.62. The molecule has 0 unspecified atom stereocenters. The molecule has 1 aliphatic heterocycles. The number of benzene rings is 1. The van der Waals surface area contributed by atoms with Crippen molar-refractivity contribution in [2.75, 3.05) is 7.05 Å². The Morgan fingerprint density at radius 2 is 1.58 bits per heavy atom. The van der Waals surface area contributed by atoms with Crippen LogP contribution in [0.2, 0.25) is 0 Å². The van der Waals surface area contributed by atoms with E-state index in [-0.39, 0.29) is 17.4 Å². The van der Waals surface area contributed by atoms with Crippen molar-refractivity contribution in [3.05, 3.63) is 29.3 Å². The summed E-state index contributed by atoms with van der Waals surface area (Å²) in [5.74, 6) is 0.0452. The van der Waals surface area contributed by atoms with Gasteiger partial charge in [0, 0.05) is 18.7 Å². The first-order valence-electron chi connectivity index (χ1n) is 9.65. The summed E-state index contributed by atoms with van der Waals surface area (Å²) < 4.78 is 12.5. The number of nitrogens with zero attached hydrogens (tertiary/aromatic N) is 1. The average molecular weight is 357 g/mol. The Hall–Kier alpha value is -1.33. The maximum atomic E-state index is 13.0. The second-order valence-corrected chi connectivity index (χ2v) is 9.50. The van der Waals surface area contributed by atoms with Gasteiger partial charge >= 0.3 is 7.12 Å². The zero-order valence-electron chi connectivity index (χ0n) is 17.5. The van der Waals surface area contributed by atoms with Crippen LogP contribution in [0.1, 0.15) is 77.2 Å². The third kappa shape index (κ3) is 3.32. The lowest BCUT2D eigenvalue weighted by molar-refractivity contribution is 0.00578. The van der Waals surface area contributed by atoms with Gasteiger partial charge < -0.3 is 14.2 Å². The van der Waals surface area contributed by atoms with Crippen LogP contribution in [-0.4, -0.2) is 42.2 Å². The van der Waals surface area contributed by atoms with E-state index in [9.17, 15) is 4.79 Å². The van der Waals surface area contributed by atoms with Crippen molar-refractivity contribution in [1.29, 1.82) is 0 Å². The Bertz CT molecular complexity index is 706. The Labute approximate surface area is 158 Å². The van der Waals surface area contributed by atoms with Gasteiger partial charge in [0.25, 0.3) is 5.91 Å². The summed E-state index contributed by atoms with van der Waals surface area (Å²) in [6.45, 7) is 14.5. The fourth-order valence-corrected chi connectivity index (χ4v) is 3.15. The van der Waals surface area contributed by atoms with Gasteiger partial charge in [-0.15, -0.1) is 0 Å². The number of hydrogen-bond acceptors (Lipinski definition) is 3. The molecule has 1 saturated heterocycles. The minimum Gasteiger partial charge on any atom is -0.399 e. The normalized spacial score (nSPS) is 22.6. The van der Waals surface area contributed by atoms with Gasteiger partial charge in [0.15, 0.2) is 0 Å². The molecule has 1 saturated carbocycles. The summed E-state index contributed by atoms with van der Waals surface area (Å²) in [5.41, 5.74) is 2.26. The number of rotatable bonds is 4. The van der Waals surface area contributed by atoms with Crippen LogP contribution in [-0.2, 0) is 14.7 Å². The van der Waals surface area contributed by atoms with Gasteiger partial charge in [0.05, 0.1) is 11.2 Å². The summed E-state index contributed by atoms with van der Waals surface area (Å²) in [5, 5.41) is 0. The highest BCUT2D eigenvalue weighted by Gasteiger charge is 2.52. The minimum absolute atomic E-state index is 0.0452. The highest BCUT2D eigenvalue weighted by Crippen LogP contribution is 2.47. The van der Waals surface area contributed by atoms with E-state index in [1.165, 1.54) is 5.56 Å². The molecule has 1 aromatic rings. The Kier molecular flexibility index (Phi) is 4.56. The number of carbonyl (C=O) groups excluding carboxylic acids is 1. The van der Waals surface area contributed by atoms with Crippen LogP contribution >= 0.6 is 0 Å². The summed E-state index contributed by atoms with van der Waals surface area (Å²) in [7, 11) is 1.41. The van der Waals surface area contributed by atoms with Crippen LogP contribution in [0.5, 0.6) is 0 Å². The summed E-state index contributed by atoms with van der Waals surface area (Å²) in [4.78, 5) is 14.7. The van der Waals surface area contributed by atoms with E-state index in [2.05, 4.69) is 46.8 Å². The van der Waals surface area contributed by atoms with Crippen LogP contribution in [0.15, 0.2) is 18.2 Å². The largest absolute Gasteiger partial charge is 0.494 e.